The Hall–Kier alpha value is -2.19. The Morgan fingerprint density at radius 1 is 0.743 bits per heavy atom. The van der Waals surface area contributed by atoms with Gasteiger partial charge in [0.15, 0.2) is 0 Å². The molecule has 2 aromatic rings. The van der Waals surface area contributed by atoms with Crippen molar-refractivity contribution in [3.63, 3.8) is 0 Å². The number of hydrogen-bond donors (Lipinski definition) is 0. The van der Waals surface area contributed by atoms with E-state index >= 15 is 8.78 Å². The molecule has 4 nitrogen and oxygen atoms in total. The average Bonchev–Trinajstić information content (AvgIpc) is 2.82. The minimum atomic E-state index is -2.18. The summed E-state index contributed by atoms with van der Waals surface area (Å²) in [4.78, 5) is 27.5. The molecule has 2 unspecified atom stereocenters. The number of hydrogen-bond acceptors (Lipinski definition) is 2. The molecule has 0 aromatic heterocycles. The van der Waals surface area contributed by atoms with Crippen LogP contribution in [-0.2, 0) is 28.7 Å². The first-order chi connectivity index (χ1) is 16.5. The molecule has 0 aliphatic carbocycles. The van der Waals surface area contributed by atoms with Gasteiger partial charge in [-0.15, -0.1) is 0 Å². The second-order valence-electron chi connectivity index (χ2n) is 8.81. The second-order valence-corrected chi connectivity index (χ2v) is 10.8. The Labute approximate surface area is 213 Å². The maximum absolute atomic E-state index is 15.4. The van der Waals surface area contributed by atoms with E-state index in [0.717, 1.165) is 46.9 Å². The number of nitrogens with zero attached hydrogens (tertiary/aromatic N) is 2. The van der Waals surface area contributed by atoms with Crippen molar-refractivity contribution in [1.29, 1.82) is 0 Å². The number of carbonyl (C=O) groups excluding carboxylic acids is 2. The Balaban J connectivity index is 2.47. The summed E-state index contributed by atoms with van der Waals surface area (Å²) >= 11 is -2.18. The van der Waals surface area contributed by atoms with Gasteiger partial charge in [-0.25, -0.2) is 0 Å². The predicted octanol–water partition coefficient (Wildman–Crippen LogP) is 5.07. The van der Waals surface area contributed by atoms with Gasteiger partial charge in [-0.2, -0.15) is 0 Å². The van der Waals surface area contributed by atoms with Crippen molar-refractivity contribution in [2.45, 2.75) is 53.4 Å². The molecule has 0 fully saturated rings. The quantitative estimate of drug-likeness (QED) is 0.319. The third-order valence-electron chi connectivity index (χ3n) is 6.06. The molecule has 0 saturated carbocycles. The fourth-order valence-corrected chi connectivity index (χ4v) is 5.73. The molecule has 2 rings (SSSR count). The number of anilines is 2. The van der Waals surface area contributed by atoms with Crippen LogP contribution in [0.15, 0.2) is 24.3 Å². The van der Waals surface area contributed by atoms with Crippen molar-refractivity contribution < 1.29 is 46.3 Å². The molecule has 9 heteroatoms. The van der Waals surface area contributed by atoms with Gasteiger partial charge in [0.25, 0.3) is 0 Å². The molecule has 2 atom stereocenters. The summed E-state index contributed by atoms with van der Waals surface area (Å²) in [6, 6.07) is 4.32. The van der Waals surface area contributed by atoms with Gasteiger partial charge in [0, 0.05) is 0 Å². The van der Waals surface area contributed by atoms with Crippen molar-refractivity contribution in [1.82, 2.24) is 0 Å². The van der Waals surface area contributed by atoms with Crippen LogP contribution in [0.2, 0.25) is 0 Å². The molecular formula is C26H32F4N2O2Ti. The SMILES string of the molecule is CCCC(C)C(=O)N(C)c1ccc(F)[c]([Ti][c]2c(F)ccc(N(C)C(=O)C(C)CCC)c2F)c1F. The number of halogens is 4. The average molecular weight is 528 g/mol. The van der Waals surface area contributed by atoms with Crippen molar-refractivity contribution in [2.24, 2.45) is 11.8 Å². The summed E-state index contributed by atoms with van der Waals surface area (Å²) in [6.45, 7) is 7.32. The molecule has 2 aromatic carbocycles. The van der Waals surface area contributed by atoms with E-state index in [1.165, 1.54) is 14.1 Å². The van der Waals surface area contributed by atoms with Crippen LogP contribution in [0.5, 0.6) is 0 Å². The molecule has 0 N–H and O–H groups in total. The molecular weight excluding hydrogens is 496 g/mol. The first-order valence-electron chi connectivity index (χ1n) is 11.7. The van der Waals surface area contributed by atoms with E-state index in [1.807, 2.05) is 13.8 Å². The Bertz CT molecular complexity index is 996. The van der Waals surface area contributed by atoms with E-state index in [-0.39, 0.29) is 35.0 Å². The summed E-state index contributed by atoms with van der Waals surface area (Å²) in [7, 11) is 2.79. The molecule has 0 spiro atoms. The zero-order chi connectivity index (χ0) is 26.4. The van der Waals surface area contributed by atoms with E-state index in [0.29, 0.717) is 12.8 Å². The molecule has 0 bridgehead atoms. The van der Waals surface area contributed by atoms with E-state index in [1.54, 1.807) is 13.8 Å². The predicted molar refractivity (Wildman–Crippen MR) is 127 cm³/mol. The molecule has 2 amide bonds. The minimum absolute atomic E-state index is 0.143. The Morgan fingerprint density at radius 3 is 1.40 bits per heavy atom. The van der Waals surface area contributed by atoms with Crippen molar-refractivity contribution in [2.75, 3.05) is 23.9 Å². The Kier molecular flexibility index (Phi) is 10.5. The standard InChI is InChI=1S/2C13H16F2NO.Ti/c2*1-4-5-9(2)13(17)16(3)12-7-6-10(14)8-11(12)15;/h2*6-7,9H,4-5H2,1-3H3;. The molecule has 0 heterocycles. The Morgan fingerprint density at radius 2 is 1.09 bits per heavy atom. The van der Waals surface area contributed by atoms with Gasteiger partial charge < -0.3 is 0 Å². The third kappa shape index (κ3) is 6.53. The second kappa shape index (κ2) is 12.7. The van der Waals surface area contributed by atoms with Gasteiger partial charge in [0.2, 0.25) is 0 Å². The summed E-state index contributed by atoms with van der Waals surface area (Å²) in [5.41, 5.74) is -0.286. The summed E-state index contributed by atoms with van der Waals surface area (Å²) in [5.74, 6) is -5.25. The first-order valence-corrected chi connectivity index (χ1v) is 13.3. The number of amides is 2. The van der Waals surface area contributed by atoms with Crippen LogP contribution in [0.3, 0.4) is 0 Å². The van der Waals surface area contributed by atoms with Crippen LogP contribution >= 0.6 is 0 Å². The van der Waals surface area contributed by atoms with Gasteiger partial charge >= 0.3 is 214 Å². The topological polar surface area (TPSA) is 40.6 Å². The van der Waals surface area contributed by atoms with Crippen LogP contribution in [0.25, 0.3) is 0 Å². The van der Waals surface area contributed by atoms with Gasteiger partial charge in [0.05, 0.1) is 0 Å². The first kappa shape index (κ1) is 29.0. The molecule has 0 aliphatic heterocycles. The van der Waals surface area contributed by atoms with Gasteiger partial charge in [-0.3, -0.25) is 0 Å². The molecule has 190 valence electrons. The summed E-state index contributed by atoms with van der Waals surface area (Å²) in [5, 5.41) is 0. The van der Waals surface area contributed by atoms with Crippen LogP contribution < -0.4 is 17.5 Å². The van der Waals surface area contributed by atoms with Crippen LogP contribution in [-0.4, -0.2) is 25.9 Å². The zero-order valence-electron chi connectivity index (χ0n) is 21.0. The zero-order valence-corrected chi connectivity index (χ0v) is 22.6. The summed E-state index contributed by atoms with van der Waals surface area (Å²) in [6.07, 6.45) is 2.76. The van der Waals surface area contributed by atoms with Crippen molar-refractivity contribution in [3.8, 4) is 0 Å². The van der Waals surface area contributed by atoms with Crippen molar-refractivity contribution >= 4 is 30.9 Å². The fourth-order valence-electron chi connectivity index (χ4n) is 3.97. The number of rotatable bonds is 10. The van der Waals surface area contributed by atoms with E-state index in [4.69, 9.17) is 0 Å². The molecule has 0 saturated heterocycles. The monoisotopic (exact) mass is 528 g/mol. The molecule has 0 radical (unpaired) electrons. The van der Waals surface area contributed by atoms with Gasteiger partial charge in [-0.05, 0) is 0 Å². The van der Waals surface area contributed by atoms with Gasteiger partial charge in [0.1, 0.15) is 0 Å². The fraction of sp³-hybridized carbons (Fsp3) is 0.462. The van der Waals surface area contributed by atoms with E-state index < -0.39 is 50.2 Å². The molecule has 35 heavy (non-hydrogen) atoms. The van der Waals surface area contributed by atoms with Crippen LogP contribution in [0, 0.1) is 35.1 Å². The third-order valence-corrected chi connectivity index (χ3v) is 8.27. The van der Waals surface area contributed by atoms with E-state index in [9.17, 15) is 18.4 Å². The van der Waals surface area contributed by atoms with E-state index in [2.05, 4.69) is 0 Å². The number of carbonyl (C=O) groups is 2. The van der Waals surface area contributed by atoms with Gasteiger partial charge in [-0.1, -0.05) is 0 Å². The normalized spacial score (nSPS) is 12.7. The molecule has 0 aliphatic rings. The van der Waals surface area contributed by atoms with Crippen molar-refractivity contribution in [3.05, 3.63) is 47.5 Å². The summed E-state index contributed by atoms with van der Waals surface area (Å²) < 4.78 is 59.3. The van der Waals surface area contributed by atoms with Crippen LogP contribution in [0.1, 0.15) is 53.4 Å². The number of benzene rings is 2. The maximum atomic E-state index is 15.4. The van der Waals surface area contributed by atoms with Crippen LogP contribution in [0.4, 0.5) is 28.9 Å².